The molecule has 4 nitrogen and oxygen atoms in total. The number of amides is 1. The lowest BCUT2D eigenvalue weighted by atomic mass is 9.86. The van der Waals surface area contributed by atoms with Gasteiger partial charge in [0.15, 0.2) is 0 Å². The Bertz CT molecular complexity index is 264. The van der Waals surface area contributed by atoms with Gasteiger partial charge in [0, 0.05) is 32.2 Å². The maximum atomic E-state index is 12.4. The zero-order chi connectivity index (χ0) is 12.3. The number of nitrogens with zero attached hydrogens (tertiary/aromatic N) is 1. The van der Waals surface area contributed by atoms with Crippen LogP contribution in [-0.2, 0) is 9.53 Å². The second-order valence-electron chi connectivity index (χ2n) is 5.43. The molecule has 2 saturated heterocycles. The van der Waals surface area contributed by atoms with Gasteiger partial charge < -0.3 is 15.4 Å². The van der Waals surface area contributed by atoms with E-state index in [1.165, 1.54) is 0 Å². The van der Waals surface area contributed by atoms with Crippen LogP contribution in [0.3, 0.4) is 0 Å². The van der Waals surface area contributed by atoms with E-state index in [0.717, 1.165) is 45.6 Å². The molecule has 98 valence electrons. The van der Waals surface area contributed by atoms with Gasteiger partial charge in [0.1, 0.15) is 0 Å². The number of hydrogen-bond acceptors (Lipinski definition) is 3. The highest BCUT2D eigenvalue weighted by Gasteiger charge is 2.32. The molecule has 0 bridgehead atoms. The van der Waals surface area contributed by atoms with Crippen molar-refractivity contribution >= 4 is 5.91 Å². The second kappa shape index (κ2) is 5.83. The van der Waals surface area contributed by atoms with Crippen LogP contribution >= 0.6 is 0 Å². The van der Waals surface area contributed by atoms with Crippen molar-refractivity contribution in [3.63, 3.8) is 0 Å². The molecule has 4 heteroatoms. The largest absolute Gasteiger partial charge is 0.381 e. The summed E-state index contributed by atoms with van der Waals surface area (Å²) in [6.07, 6.45) is 2.87. The van der Waals surface area contributed by atoms with E-state index in [2.05, 4.69) is 6.92 Å². The Morgan fingerprint density at radius 2 is 2.06 bits per heavy atom. The van der Waals surface area contributed by atoms with E-state index in [1.54, 1.807) is 0 Å². The van der Waals surface area contributed by atoms with E-state index in [1.807, 2.05) is 4.90 Å². The van der Waals surface area contributed by atoms with E-state index in [-0.39, 0.29) is 5.92 Å². The first-order valence-corrected chi connectivity index (χ1v) is 6.79. The molecule has 2 N–H and O–H groups in total. The summed E-state index contributed by atoms with van der Waals surface area (Å²) < 4.78 is 5.31. The van der Waals surface area contributed by atoms with Gasteiger partial charge in [0.25, 0.3) is 0 Å². The van der Waals surface area contributed by atoms with Crippen LogP contribution in [0.15, 0.2) is 0 Å². The highest BCUT2D eigenvalue weighted by molar-refractivity contribution is 5.79. The molecule has 1 amide bonds. The fraction of sp³-hybridized carbons (Fsp3) is 0.923. The summed E-state index contributed by atoms with van der Waals surface area (Å²) in [4.78, 5) is 14.4. The van der Waals surface area contributed by atoms with Crippen molar-refractivity contribution in [3.05, 3.63) is 0 Å². The molecule has 2 rings (SSSR count). The molecule has 0 spiro atoms. The molecule has 17 heavy (non-hydrogen) atoms. The van der Waals surface area contributed by atoms with Crippen molar-refractivity contribution < 1.29 is 9.53 Å². The molecule has 2 fully saturated rings. The molecular weight excluding hydrogens is 216 g/mol. The monoisotopic (exact) mass is 240 g/mol. The third-order valence-electron chi connectivity index (χ3n) is 4.30. The number of carbonyl (C=O) groups is 1. The third-order valence-corrected chi connectivity index (χ3v) is 4.30. The van der Waals surface area contributed by atoms with Crippen LogP contribution in [0.1, 0.15) is 26.2 Å². The van der Waals surface area contributed by atoms with Gasteiger partial charge in [0.2, 0.25) is 5.91 Å². The summed E-state index contributed by atoms with van der Waals surface area (Å²) in [5.74, 6) is 1.65. The van der Waals surface area contributed by atoms with Gasteiger partial charge in [-0.1, -0.05) is 6.92 Å². The molecule has 2 unspecified atom stereocenters. The molecule has 0 aliphatic carbocycles. The standard InChI is InChI=1S/C13H24N2O2/c1-10-2-5-15(9-12(10)8-14)13(16)11-3-6-17-7-4-11/h10-12H,2-9,14H2,1H3. The average Bonchev–Trinajstić information content (AvgIpc) is 2.39. The molecule has 2 heterocycles. The summed E-state index contributed by atoms with van der Waals surface area (Å²) in [6, 6.07) is 0. The van der Waals surface area contributed by atoms with Gasteiger partial charge in [-0.15, -0.1) is 0 Å². The smallest absolute Gasteiger partial charge is 0.225 e. The number of hydrogen-bond donors (Lipinski definition) is 1. The van der Waals surface area contributed by atoms with Crippen LogP contribution in [0.5, 0.6) is 0 Å². The number of likely N-dealkylation sites (tertiary alicyclic amines) is 1. The Hall–Kier alpha value is -0.610. The zero-order valence-electron chi connectivity index (χ0n) is 10.7. The number of carbonyl (C=O) groups excluding carboxylic acids is 1. The van der Waals surface area contributed by atoms with Gasteiger partial charge in [-0.2, -0.15) is 0 Å². The number of piperidine rings is 1. The summed E-state index contributed by atoms with van der Waals surface area (Å²) in [5.41, 5.74) is 5.78. The van der Waals surface area contributed by atoms with Crippen LogP contribution in [0, 0.1) is 17.8 Å². The Kier molecular flexibility index (Phi) is 4.40. The Labute approximate surface area is 103 Å². The number of rotatable bonds is 2. The van der Waals surface area contributed by atoms with E-state index >= 15 is 0 Å². The topological polar surface area (TPSA) is 55.6 Å². The first-order valence-electron chi connectivity index (χ1n) is 6.79. The van der Waals surface area contributed by atoms with Crippen molar-refractivity contribution in [2.45, 2.75) is 26.2 Å². The normalized spacial score (nSPS) is 31.5. The molecule has 0 aromatic heterocycles. The summed E-state index contributed by atoms with van der Waals surface area (Å²) in [5, 5.41) is 0. The van der Waals surface area contributed by atoms with Crippen molar-refractivity contribution in [1.82, 2.24) is 4.90 Å². The first kappa shape index (κ1) is 12.8. The molecule has 2 aliphatic rings. The number of ether oxygens (including phenoxy) is 1. The molecule has 2 aliphatic heterocycles. The SMILES string of the molecule is CC1CCN(C(=O)C2CCOCC2)CC1CN. The molecule has 0 saturated carbocycles. The maximum Gasteiger partial charge on any atom is 0.225 e. The molecular formula is C13H24N2O2. The van der Waals surface area contributed by atoms with Gasteiger partial charge in [-0.25, -0.2) is 0 Å². The predicted molar refractivity (Wildman–Crippen MR) is 66.4 cm³/mol. The van der Waals surface area contributed by atoms with Crippen molar-refractivity contribution in [2.24, 2.45) is 23.5 Å². The lowest BCUT2D eigenvalue weighted by Gasteiger charge is -2.38. The van der Waals surface area contributed by atoms with Crippen LogP contribution < -0.4 is 5.73 Å². The Balaban J connectivity index is 1.90. The lowest BCUT2D eigenvalue weighted by molar-refractivity contribution is -0.141. The average molecular weight is 240 g/mol. The molecule has 0 radical (unpaired) electrons. The highest BCUT2D eigenvalue weighted by atomic mass is 16.5. The van der Waals surface area contributed by atoms with Crippen molar-refractivity contribution in [1.29, 1.82) is 0 Å². The fourth-order valence-electron chi connectivity index (χ4n) is 2.86. The predicted octanol–water partition coefficient (Wildman–Crippen LogP) is 0.856. The Morgan fingerprint density at radius 3 is 2.71 bits per heavy atom. The van der Waals surface area contributed by atoms with Crippen LogP contribution in [0.25, 0.3) is 0 Å². The van der Waals surface area contributed by atoms with Gasteiger partial charge >= 0.3 is 0 Å². The third kappa shape index (κ3) is 2.99. The van der Waals surface area contributed by atoms with Crippen LogP contribution in [-0.4, -0.2) is 43.7 Å². The fourth-order valence-corrected chi connectivity index (χ4v) is 2.86. The van der Waals surface area contributed by atoms with Crippen molar-refractivity contribution in [2.75, 3.05) is 32.8 Å². The van der Waals surface area contributed by atoms with Crippen molar-refractivity contribution in [3.8, 4) is 0 Å². The quantitative estimate of drug-likeness (QED) is 0.778. The Morgan fingerprint density at radius 1 is 1.35 bits per heavy atom. The summed E-state index contributed by atoms with van der Waals surface area (Å²) >= 11 is 0. The minimum atomic E-state index is 0.190. The van der Waals surface area contributed by atoms with E-state index < -0.39 is 0 Å². The van der Waals surface area contributed by atoms with Gasteiger partial charge in [-0.3, -0.25) is 4.79 Å². The van der Waals surface area contributed by atoms with Crippen LogP contribution in [0.4, 0.5) is 0 Å². The summed E-state index contributed by atoms with van der Waals surface area (Å²) in [6.45, 7) is 6.18. The zero-order valence-corrected chi connectivity index (χ0v) is 10.7. The lowest BCUT2D eigenvalue weighted by Crippen LogP contribution is -2.48. The highest BCUT2D eigenvalue weighted by Crippen LogP contribution is 2.25. The minimum absolute atomic E-state index is 0.190. The molecule has 2 atom stereocenters. The molecule has 0 aromatic rings. The van der Waals surface area contributed by atoms with Gasteiger partial charge in [0.05, 0.1) is 0 Å². The first-order chi connectivity index (χ1) is 8.22. The second-order valence-corrected chi connectivity index (χ2v) is 5.43. The molecule has 0 aromatic carbocycles. The van der Waals surface area contributed by atoms with E-state index in [9.17, 15) is 4.79 Å². The number of nitrogens with two attached hydrogens (primary N) is 1. The minimum Gasteiger partial charge on any atom is -0.381 e. The summed E-state index contributed by atoms with van der Waals surface area (Å²) in [7, 11) is 0. The van der Waals surface area contributed by atoms with Crippen LogP contribution in [0.2, 0.25) is 0 Å². The van der Waals surface area contributed by atoms with E-state index in [0.29, 0.717) is 24.3 Å². The van der Waals surface area contributed by atoms with Gasteiger partial charge in [-0.05, 0) is 37.6 Å². The maximum absolute atomic E-state index is 12.4. The van der Waals surface area contributed by atoms with E-state index in [4.69, 9.17) is 10.5 Å².